The Labute approximate surface area is 165 Å². The van der Waals surface area contributed by atoms with Crippen LogP contribution in [0.2, 0.25) is 5.02 Å². The van der Waals surface area contributed by atoms with Gasteiger partial charge in [0.25, 0.3) is 5.91 Å². The molecule has 1 aliphatic heterocycles. The average molecular weight is 389 g/mol. The number of amides is 1. The van der Waals surface area contributed by atoms with Gasteiger partial charge >= 0.3 is 0 Å². The summed E-state index contributed by atoms with van der Waals surface area (Å²) < 4.78 is 0. The number of nitrogens with one attached hydrogen (secondary N) is 1. The molecule has 3 rings (SSSR count). The zero-order valence-electron chi connectivity index (χ0n) is 15.7. The first-order chi connectivity index (χ1) is 13.0. The molecule has 1 N–H and O–H groups in total. The van der Waals surface area contributed by atoms with Crippen molar-refractivity contribution in [3.8, 4) is 0 Å². The molecule has 1 aliphatic rings. The largest absolute Gasteiger partial charge is 0.368 e. The summed E-state index contributed by atoms with van der Waals surface area (Å²) in [7, 11) is 3.94. The van der Waals surface area contributed by atoms with Gasteiger partial charge in [0.2, 0.25) is 5.95 Å². The highest BCUT2D eigenvalue weighted by Crippen LogP contribution is 2.21. The Balaban J connectivity index is 1.59. The van der Waals surface area contributed by atoms with Crippen molar-refractivity contribution in [3.63, 3.8) is 0 Å². The number of anilines is 2. The highest BCUT2D eigenvalue weighted by atomic mass is 35.5. The van der Waals surface area contributed by atoms with E-state index in [1.807, 2.05) is 37.2 Å². The standard InChI is InChI=1S/C19H25ClN6O/c1-24(2)9-8-21-18(27)17-6-7-22-19(23-17)26-12-10-25(11-13-26)16-5-3-4-15(20)14-16/h3-7,14H,8-13H2,1-2H3,(H,21,27). The van der Waals surface area contributed by atoms with Crippen molar-refractivity contribution < 1.29 is 4.79 Å². The average Bonchev–Trinajstić information content (AvgIpc) is 2.68. The summed E-state index contributed by atoms with van der Waals surface area (Å²) in [6.45, 7) is 4.65. The maximum Gasteiger partial charge on any atom is 0.270 e. The van der Waals surface area contributed by atoms with Crippen LogP contribution in [0.15, 0.2) is 36.5 Å². The first-order valence-corrected chi connectivity index (χ1v) is 9.42. The van der Waals surface area contributed by atoms with Crippen molar-refractivity contribution in [2.45, 2.75) is 0 Å². The van der Waals surface area contributed by atoms with Crippen LogP contribution < -0.4 is 15.1 Å². The van der Waals surface area contributed by atoms with E-state index in [-0.39, 0.29) is 5.91 Å². The van der Waals surface area contributed by atoms with E-state index >= 15 is 0 Å². The van der Waals surface area contributed by atoms with E-state index in [0.29, 0.717) is 18.2 Å². The van der Waals surface area contributed by atoms with E-state index in [1.54, 1.807) is 12.3 Å². The fourth-order valence-corrected chi connectivity index (χ4v) is 3.13. The van der Waals surface area contributed by atoms with Gasteiger partial charge in [-0.15, -0.1) is 0 Å². The van der Waals surface area contributed by atoms with Crippen molar-refractivity contribution in [3.05, 3.63) is 47.2 Å². The van der Waals surface area contributed by atoms with Gasteiger partial charge in [-0.1, -0.05) is 17.7 Å². The van der Waals surface area contributed by atoms with Gasteiger partial charge in [-0.25, -0.2) is 9.97 Å². The summed E-state index contributed by atoms with van der Waals surface area (Å²) >= 11 is 6.09. The Morgan fingerprint density at radius 1 is 1.19 bits per heavy atom. The third-order valence-electron chi connectivity index (χ3n) is 4.46. The lowest BCUT2D eigenvalue weighted by atomic mass is 10.2. The fraction of sp³-hybridized carbons (Fsp3) is 0.421. The predicted octanol–water partition coefficient (Wildman–Crippen LogP) is 1.75. The number of hydrogen-bond acceptors (Lipinski definition) is 6. The van der Waals surface area contributed by atoms with E-state index in [1.165, 1.54) is 0 Å². The molecule has 1 fully saturated rings. The number of benzene rings is 1. The second-order valence-corrected chi connectivity index (χ2v) is 7.19. The normalized spacial score (nSPS) is 14.5. The summed E-state index contributed by atoms with van der Waals surface area (Å²) in [6, 6.07) is 9.54. The molecule has 0 bridgehead atoms. The Hall–Kier alpha value is -2.38. The zero-order chi connectivity index (χ0) is 19.2. The first-order valence-electron chi connectivity index (χ1n) is 9.04. The molecule has 1 amide bonds. The molecule has 1 aromatic carbocycles. The molecule has 27 heavy (non-hydrogen) atoms. The molecule has 0 radical (unpaired) electrons. The van der Waals surface area contributed by atoms with Gasteiger partial charge in [0.1, 0.15) is 5.69 Å². The molecular formula is C19H25ClN6O. The quantitative estimate of drug-likeness (QED) is 0.813. The molecule has 0 saturated carbocycles. The molecule has 2 aromatic rings. The number of rotatable bonds is 6. The van der Waals surface area contributed by atoms with Crippen LogP contribution in [-0.2, 0) is 0 Å². The van der Waals surface area contributed by atoms with Crippen LogP contribution in [0, 0.1) is 0 Å². The lowest BCUT2D eigenvalue weighted by molar-refractivity contribution is 0.0946. The van der Waals surface area contributed by atoms with E-state index < -0.39 is 0 Å². The number of piperazine rings is 1. The van der Waals surface area contributed by atoms with Crippen LogP contribution in [0.1, 0.15) is 10.5 Å². The van der Waals surface area contributed by atoms with E-state index in [9.17, 15) is 4.79 Å². The smallest absolute Gasteiger partial charge is 0.270 e. The van der Waals surface area contributed by atoms with Crippen LogP contribution in [0.5, 0.6) is 0 Å². The summed E-state index contributed by atoms with van der Waals surface area (Å²) in [5.41, 5.74) is 1.52. The molecular weight excluding hydrogens is 364 g/mol. The van der Waals surface area contributed by atoms with Crippen molar-refractivity contribution >= 4 is 29.1 Å². The number of aromatic nitrogens is 2. The molecule has 0 spiro atoms. The molecule has 2 heterocycles. The number of carbonyl (C=O) groups is 1. The zero-order valence-corrected chi connectivity index (χ0v) is 16.5. The molecule has 144 valence electrons. The number of hydrogen-bond donors (Lipinski definition) is 1. The highest BCUT2D eigenvalue weighted by molar-refractivity contribution is 6.30. The van der Waals surface area contributed by atoms with Crippen LogP contribution in [0.3, 0.4) is 0 Å². The van der Waals surface area contributed by atoms with Gasteiger partial charge < -0.3 is 20.0 Å². The molecule has 0 aliphatic carbocycles. The Morgan fingerprint density at radius 2 is 1.93 bits per heavy atom. The summed E-state index contributed by atoms with van der Waals surface area (Å²) in [4.78, 5) is 27.5. The van der Waals surface area contributed by atoms with Gasteiger partial charge in [-0.3, -0.25) is 4.79 Å². The Kier molecular flexibility index (Phi) is 6.47. The number of carbonyl (C=O) groups excluding carboxylic acids is 1. The second kappa shape index (κ2) is 9.01. The molecule has 0 unspecified atom stereocenters. The Bertz CT molecular complexity index is 776. The van der Waals surface area contributed by atoms with E-state index in [2.05, 4.69) is 31.2 Å². The third-order valence-corrected chi connectivity index (χ3v) is 4.69. The third kappa shape index (κ3) is 5.30. The SMILES string of the molecule is CN(C)CCNC(=O)c1ccnc(N2CCN(c3cccc(Cl)c3)CC2)n1. The minimum atomic E-state index is -0.168. The van der Waals surface area contributed by atoms with Crippen LogP contribution >= 0.6 is 11.6 Å². The number of halogens is 1. The van der Waals surface area contributed by atoms with Crippen LogP contribution in [0.25, 0.3) is 0 Å². The van der Waals surface area contributed by atoms with Crippen molar-refractivity contribution in [1.29, 1.82) is 0 Å². The van der Waals surface area contributed by atoms with Gasteiger partial charge in [-0.2, -0.15) is 0 Å². The van der Waals surface area contributed by atoms with Crippen LogP contribution in [-0.4, -0.2) is 74.1 Å². The van der Waals surface area contributed by atoms with Crippen molar-refractivity contribution in [2.24, 2.45) is 0 Å². The van der Waals surface area contributed by atoms with Gasteiger partial charge in [-0.05, 0) is 38.4 Å². The Morgan fingerprint density at radius 3 is 2.63 bits per heavy atom. The van der Waals surface area contributed by atoms with Crippen LogP contribution in [0.4, 0.5) is 11.6 Å². The number of nitrogens with zero attached hydrogens (tertiary/aromatic N) is 5. The molecule has 0 atom stereocenters. The molecule has 8 heteroatoms. The molecule has 1 saturated heterocycles. The van der Waals surface area contributed by atoms with Gasteiger partial charge in [0.15, 0.2) is 0 Å². The lowest BCUT2D eigenvalue weighted by Gasteiger charge is -2.36. The van der Waals surface area contributed by atoms with Crippen molar-refractivity contribution in [1.82, 2.24) is 20.2 Å². The topological polar surface area (TPSA) is 64.6 Å². The fourth-order valence-electron chi connectivity index (χ4n) is 2.95. The maximum absolute atomic E-state index is 12.3. The summed E-state index contributed by atoms with van der Waals surface area (Å²) in [5, 5.41) is 3.63. The van der Waals surface area contributed by atoms with E-state index in [4.69, 9.17) is 11.6 Å². The highest BCUT2D eigenvalue weighted by Gasteiger charge is 2.20. The molecule has 7 nitrogen and oxygen atoms in total. The lowest BCUT2D eigenvalue weighted by Crippen LogP contribution is -2.47. The first kappa shape index (κ1) is 19.4. The van der Waals surface area contributed by atoms with Gasteiger partial charge in [0, 0.05) is 56.2 Å². The second-order valence-electron chi connectivity index (χ2n) is 6.76. The van der Waals surface area contributed by atoms with Gasteiger partial charge in [0.05, 0.1) is 0 Å². The predicted molar refractivity (Wildman–Crippen MR) is 109 cm³/mol. The minimum Gasteiger partial charge on any atom is -0.368 e. The summed E-state index contributed by atoms with van der Waals surface area (Å²) in [5.74, 6) is 0.430. The minimum absolute atomic E-state index is 0.168. The monoisotopic (exact) mass is 388 g/mol. The maximum atomic E-state index is 12.3. The van der Waals surface area contributed by atoms with Crippen molar-refractivity contribution in [2.75, 3.05) is 63.2 Å². The summed E-state index contributed by atoms with van der Waals surface area (Å²) in [6.07, 6.45) is 1.65. The number of likely N-dealkylation sites (N-methyl/N-ethyl adjacent to an activating group) is 1. The van der Waals surface area contributed by atoms with E-state index in [0.717, 1.165) is 43.4 Å². The molecule has 1 aromatic heterocycles.